The van der Waals surface area contributed by atoms with E-state index in [-0.39, 0.29) is 24.0 Å². The lowest BCUT2D eigenvalue weighted by molar-refractivity contribution is -0.123. The molecule has 2 heterocycles. The van der Waals surface area contributed by atoms with Crippen molar-refractivity contribution < 1.29 is 14.3 Å². The summed E-state index contributed by atoms with van der Waals surface area (Å²) in [5, 5.41) is 3.05. The second-order valence-electron chi connectivity index (χ2n) is 9.78. The largest absolute Gasteiger partial charge is 0.440 e. The van der Waals surface area contributed by atoms with Crippen LogP contribution in [0.2, 0.25) is 0 Å². The summed E-state index contributed by atoms with van der Waals surface area (Å²) in [4.78, 5) is 34.3. The number of rotatable bonds is 5. The predicted octanol–water partition coefficient (Wildman–Crippen LogP) is 3.54. The van der Waals surface area contributed by atoms with Crippen molar-refractivity contribution in [3.63, 3.8) is 0 Å². The van der Waals surface area contributed by atoms with E-state index in [0.717, 1.165) is 42.4 Å². The molecule has 1 aromatic rings. The minimum Gasteiger partial charge on any atom is -0.440 e. The van der Waals surface area contributed by atoms with Gasteiger partial charge in [-0.15, -0.1) is 0 Å². The highest BCUT2D eigenvalue weighted by Gasteiger charge is 2.47. The van der Waals surface area contributed by atoms with E-state index in [9.17, 15) is 9.59 Å². The van der Waals surface area contributed by atoms with E-state index in [1.807, 2.05) is 63.2 Å². The Bertz CT molecular complexity index is 930. The van der Waals surface area contributed by atoms with Gasteiger partial charge in [-0.05, 0) is 51.9 Å². The number of carbonyl (C=O) groups excluding carboxylic acids is 2. The molecule has 32 heavy (non-hydrogen) atoms. The molecule has 3 aliphatic rings. The fourth-order valence-electron chi connectivity index (χ4n) is 4.95. The van der Waals surface area contributed by atoms with Gasteiger partial charge in [-0.25, -0.2) is 4.79 Å². The maximum Gasteiger partial charge on any atom is 0.411 e. The molecule has 1 fully saturated rings. The van der Waals surface area contributed by atoms with Crippen LogP contribution in [0.3, 0.4) is 0 Å². The van der Waals surface area contributed by atoms with Gasteiger partial charge in [0.15, 0.2) is 0 Å². The van der Waals surface area contributed by atoms with Crippen LogP contribution in [0.4, 0.5) is 4.79 Å². The molecule has 4 rings (SSSR count). The van der Waals surface area contributed by atoms with Gasteiger partial charge in [0, 0.05) is 18.0 Å². The zero-order valence-electron chi connectivity index (χ0n) is 19.6. The Kier molecular flexibility index (Phi) is 6.38. The van der Waals surface area contributed by atoms with Crippen molar-refractivity contribution >= 4 is 17.8 Å². The van der Waals surface area contributed by atoms with Crippen LogP contribution >= 0.6 is 0 Å². The van der Waals surface area contributed by atoms with E-state index in [1.165, 1.54) is 0 Å². The summed E-state index contributed by atoms with van der Waals surface area (Å²) in [6, 6.07) is 9.84. The molecule has 2 amide bonds. The standard InChI is InChI=1S/C25H34N4O3/c1-25(2)20-14-26-22(27-23(30)18-12-8-9-13-18)19(20)15-29(25)24(31)32-21(16-28(3)4)17-10-6-5-7-11-17/h5-7,10-11,18,21H,8-9,12-16H2,1-4H3,(H,26,27,30)/t21-/m1/s1. The number of amidine groups is 1. The summed E-state index contributed by atoms with van der Waals surface area (Å²) < 4.78 is 6.02. The number of amides is 2. The quantitative estimate of drug-likeness (QED) is 0.763. The fraction of sp³-hybridized carbons (Fsp3) is 0.560. The first-order valence-corrected chi connectivity index (χ1v) is 11.5. The minimum atomic E-state index is -0.519. The SMILES string of the molecule is CN(C)C[C@@H](OC(=O)N1CC2=C(CN=C2NC(=O)C2CCCC2)C1(C)C)c1ccccc1. The van der Waals surface area contributed by atoms with Crippen molar-refractivity contribution in [2.75, 3.05) is 33.7 Å². The molecule has 1 aromatic carbocycles. The molecule has 7 nitrogen and oxygen atoms in total. The van der Waals surface area contributed by atoms with Gasteiger partial charge in [0.25, 0.3) is 0 Å². The average Bonchev–Trinajstić information content (AvgIpc) is 3.47. The van der Waals surface area contributed by atoms with E-state index >= 15 is 0 Å². The molecule has 2 aliphatic heterocycles. The molecule has 0 radical (unpaired) electrons. The monoisotopic (exact) mass is 438 g/mol. The molecule has 0 bridgehead atoms. The fourth-order valence-corrected chi connectivity index (χ4v) is 4.95. The van der Waals surface area contributed by atoms with Gasteiger partial charge >= 0.3 is 6.09 Å². The molecule has 0 aromatic heterocycles. The van der Waals surface area contributed by atoms with Crippen LogP contribution in [-0.2, 0) is 9.53 Å². The summed E-state index contributed by atoms with van der Waals surface area (Å²) in [6.07, 6.45) is 3.41. The minimum absolute atomic E-state index is 0.0592. The van der Waals surface area contributed by atoms with Gasteiger partial charge in [-0.2, -0.15) is 0 Å². The normalized spacial score (nSPS) is 21.0. The molecule has 1 N–H and O–H groups in total. The van der Waals surface area contributed by atoms with Crippen molar-refractivity contribution in [2.24, 2.45) is 10.9 Å². The maximum absolute atomic E-state index is 13.3. The van der Waals surface area contributed by atoms with Crippen LogP contribution in [0.25, 0.3) is 0 Å². The summed E-state index contributed by atoms with van der Waals surface area (Å²) in [5.74, 6) is 0.771. The van der Waals surface area contributed by atoms with E-state index in [2.05, 4.69) is 10.3 Å². The molecule has 7 heteroatoms. The van der Waals surface area contributed by atoms with Crippen LogP contribution in [0.1, 0.15) is 51.2 Å². The second kappa shape index (κ2) is 9.06. The Balaban J connectivity index is 1.46. The highest BCUT2D eigenvalue weighted by molar-refractivity contribution is 6.11. The van der Waals surface area contributed by atoms with Crippen molar-refractivity contribution in [3.8, 4) is 0 Å². The highest BCUT2D eigenvalue weighted by Crippen LogP contribution is 2.39. The molecule has 0 saturated heterocycles. The highest BCUT2D eigenvalue weighted by atomic mass is 16.6. The number of ether oxygens (including phenoxy) is 1. The van der Waals surface area contributed by atoms with Crippen molar-refractivity contribution in [1.82, 2.24) is 15.1 Å². The molecule has 0 unspecified atom stereocenters. The van der Waals surface area contributed by atoms with Crippen LogP contribution < -0.4 is 5.32 Å². The van der Waals surface area contributed by atoms with E-state index in [4.69, 9.17) is 4.74 Å². The van der Waals surface area contributed by atoms with Crippen LogP contribution in [0.5, 0.6) is 0 Å². The lowest BCUT2D eigenvalue weighted by Gasteiger charge is -2.35. The van der Waals surface area contributed by atoms with Crippen molar-refractivity contribution in [1.29, 1.82) is 0 Å². The first kappa shape index (κ1) is 22.5. The summed E-state index contributed by atoms with van der Waals surface area (Å²) >= 11 is 0. The van der Waals surface area contributed by atoms with Crippen LogP contribution in [0, 0.1) is 5.92 Å². The Hall–Kier alpha value is -2.67. The van der Waals surface area contributed by atoms with Gasteiger partial charge in [-0.1, -0.05) is 43.2 Å². The molecule has 1 aliphatic carbocycles. The molecular formula is C25H34N4O3. The number of likely N-dealkylation sites (N-methyl/N-ethyl adjacent to an activating group) is 1. The lowest BCUT2D eigenvalue weighted by Crippen LogP contribution is -2.47. The Labute approximate surface area is 190 Å². The summed E-state index contributed by atoms with van der Waals surface area (Å²) in [6.45, 7) is 5.55. The maximum atomic E-state index is 13.3. The second-order valence-corrected chi connectivity index (χ2v) is 9.78. The third kappa shape index (κ3) is 4.44. The number of hydrogen-bond acceptors (Lipinski definition) is 5. The van der Waals surface area contributed by atoms with Gasteiger partial charge in [0.05, 0.1) is 18.6 Å². The summed E-state index contributed by atoms with van der Waals surface area (Å²) in [5.41, 5.74) is 2.50. The average molecular weight is 439 g/mol. The molecule has 1 saturated carbocycles. The third-order valence-corrected chi connectivity index (χ3v) is 6.91. The number of aliphatic imine (C=N–C) groups is 1. The van der Waals surface area contributed by atoms with E-state index in [1.54, 1.807) is 4.90 Å². The molecule has 0 spiro atoms. The van der Waals surface area contributed by atoms with Crippen molar-refractivity contribution in [3.05, 3.63) is 47.0 Å². The van der Waals surface area contributed by atoms with Gasteiger partial charge in [0.1, 0.15) is 11.9 Å². The Morgan fingerprint density at radius 3 is 2.56 bits per heavy atom. The number of nitrogens with zero attached hydrogens (tertiary/aromatic N) is 3. The smallest absolute Gasteiger partial charge is 0.411 e. The zero-order chi connectivity index (χ0) is 22.9. The van der Waals surface area contributed by atoms with Gasteiger partial charge < -0.3 is 15.0 Å². The number of nitrogens with one attached hydrogen (secondary N) is 1. The first-order valence-electron chi connectivity index (χ1n) is 11.5. The topological polar surface area (TPSA) is 74.2 Å². The number of hydrogen-bond donors (Lipinski definition) is 1. The third-order valence-electron chi connectivity index (χ3n) is 6.91. The zero-order valence-corrected chi connectivity index (χ0v) is 19.6. The number of carbonyl (C=O) groups is 2. The lowest BCUT2D eigenvalue weighted by atomic mass is 9.94. The predicted molar refractivity (Wildman–Crippen MR) is 124 cm³/mol. The Morgan fingerprint density at radius 2 is 1.91 bits per heavy atom. The van der Waals surface area contributed by atoms with Gasteiger partial charge in [0.2, 0.25) is 5.91 Å². The van der Waals surface area contributed by atoms with E-state index in [0.29, 0.717) is 25.5 Å². The number of benzene rings is 1. The Morgan fingerprint density at radius 1 is 1.22 bits per heavy atom. The van der Waals surface area contributed by atoms with Gasteiger partial charge in [-0.3, -0.25) is 14.7 Å². The molecular weight excluding hydrogens is 404 g/mol. The van der Waals surface area contributed by atoms with Crippen LogP contribution in [-0.4, -0.2) is 66.9 Å². The summed E-state index contributed by atoms with van der Waals surface area (Å²) in [7, 11) is 3.94. The van der Waals surface area contributed by atoms with E-state index < -0.39 is 5.54 Å². The first-order chi connectivity index (χ1) is 15.3. The molecule has 1 atom stereocenters. The van der Waals surface area contributed by atoms with Crippen LogP contribution in [0.15, 0.2) is 46.5 Å². The van der Waals surface area contributed by atoms with Crippen molar-refractivity contribution in [2.45, 2.75) is 51.2 Å². The molecule has 172 valence electrons.